The molecule has 2 N–H and O–H groups in total. The van der Waals surface area contributed by atoms with Crippen molar-refractivity contribution in [2.75, 3.05) is 68.5 Å². The molecule has 0 aliphatic carbocycles. The Bertz CT molecular complexity index is 2010. The SMILES string of the molecule is CCc1c(N2CCN(C(=O)c3noc4c3NCCC4)CC2)c(=O)n2nc(C3=CCOCC3)nc2n1CC=O.CNc1ccc(C(F)(F)F)cc1Cl. The van der Waals surface area contributed by atoms with Gasteiger partial charge in [0, 0.05) is 46.2 Å². The van der Waals surface area contributed by atoms with Gasteiger partial charge in [0.15, 0.2) is 17.3 Å². The number of nitrogens with zero attached hydrogens (tertiary/aromatic N) is 7. The summed E-state index contributed by atoms with van der Waals surface area (Å²) in [4.78, 5) is 47.0. The predicted molar refractivity (Wildman–Crippen MR) is 184 cm³/mol. The molecular formula is C33H37ClF3N9O5. The van der Waals surface area contributed by atoms with Crippen LogP contribution in [0.2, 0.25) is 5.02 Å². The highest BCUT2D eigenvalue weighted by Crippen LogP contribution is 2.33. The van der Waals surface area contributed by atoms with Gasteiger partial charge in [0.2, 0.25) is 5.78 Å². The van der Waals surface area contributed by atoms with Gasteiger partial charge in [0.05, 0.1) is 41.7 Å². The normalized spacial score (nSPS) is 16.2. The number of piperazine rings is 1. The number of aryl methyl sites for hydroxylation is 1. The molecule has 0 atom stereocenters. The van der Waals surface area contributed by atoms with E-state index in [9.17, 15) is 27.6 Å². The van der Waals surface area contributed by atoms with Crippen LogP contribution >= 0.6 is 11.6 Å². The Morgan fingerprint density at radius 1 is 1.18 bits per heavy atom. The number of carbonyl (C=O) groups is 2. The third-order valence-corrected chi connectivity index (χ3v) is 9.28. The number of anilines is 3. The number of nitrogens with one attached hydrogen (secondary N) is 2. The van der Waals surface area contributed by atoms with E-state index in [1.54, 1.807) is 16.5 Å². The molecule has 0 bridgehead atoms. The predicted octanol–water partition coefficient (Wildman–Crippen LogP) is 4.17. The van der Waals surface area contributed by atoms with Gasteiger partial charge in [-0.25, -0.2) is 0 Å². The highest BCUT2D eigenvalue weighted by molar-refractivity contribution is 6.33. The molecule has 18 heteroatoms. The first kappa shape index (κ1) is 35.9. The van der Waals surface area contributed by atoms with Crippen molar-refractivity contribution in [1.29, 1.82) is 0 Å². The summed E-state index contributed by atoms with van der Waals surface area (Å²) in [5.74, 6) is 1.37. The monoisotopic (exact) mass is 731 g/mol. The van der Waals surface area contributed by atoms with Crippen LogP contribution in [0.3, 0.4) is 0 Å². The highest BCUT2D eigenvalue weighted by Gasteiger charge is 2.33. The minimum atomic E-state index is -4.34. The van der Waals surface area contributed by atoms with Crippen molar-refractivity contribution in [3.63, 3.8) is 0 Å². The fraction of sp³-hybridized carbons (Fsp3) is 0.455. The van der Waals surface area contributed by atoms with Crippen molar-refractivity contribution in [3.8, 4) is 0 Å². The van der Waals surface area contributed by atoms with E-state index in [0.717, 1.165) is 54.8 Å². The van der Waals surface area contributed by atoms with Gasteiger partial charge in [-0.3, -0.25) is 9.59 Å². The number of carbonyl (C=O) groups excluding carboxylic acids is 2. The van der Waals surface area contributed by atoms with E-state index in [2.05, 4.69) is 25.9 Å². The third-order valence-electron chi connectivity index (χ3n) is 8.96. The number of fused-ring (bicyclic) bond motifs is 2. The van der Waals surface area contributed by atoms with Crippen LogP contribution in [0.25, 0.3) is 11.4 Å². The number of ether oxygens (including phenoxy) is 1. The number of hydrogen-bond donors (Lipinski definition) is 2. The standard InChI is InChI=1S/C25H30N8O5.C8H7ClF3N/c1-2-17-21(24(36)33-25(32(17)12-13-34)27-22(28-33)16-5-14-37-15-6-16)30-8-10-31(11-9-30)23(35)20-19-18(38-29-20)4-3-7-26-19;1-13-7-3-2-5(4-6(7)9)8(10,11)12/h5,13,26H,2-4,6-12,14-15H2,1H3;2-4,13H,1H3. The average molecular weight is 732 g/mol. The molecule has 1 fully saturated rings. The van der Waals surface area contributed by atoms with E-state index < -0.39 is 11.7 Å². The molecule has 0 radical (unpaired) electrons. The third kappa shape index (κ3) is 7.30. The molecule has 1 amide bonds. The molecular weight excluding hydrogens is 695 g/mol. The lowest BCUT2D eigenvalue weighted by Crippen LogP contribution is -2.51. The second-order valence-electron chi connectivity index (χ2n) is 12.0. The summed E-state index contributed by atoms with van der Waals surface area (Å²) in [5, 5.41) is 14.6. The van der Waals surface area contributed by atoms with Crippen LogP contribution in [0.4, 0.5) is 30.2 Å². The van der Waals surface area contributed by atoms with E-state index >= 15 is 0 Å². The van der Waals surface area contributed by atoms with Gasteiger partial charge in [-0.1, -0.05) is 29.8 Å². The molecule has 0 unspecified atom stereocenters. The van der Waals surface area contributed by atoms with Crippen molar-refractivity contribution in [2.24, 2.45) is 0 Å². The van der Waals surface area contributed by atoms with Gasteiger partial charge in [-0.2, -0.15) is 22.7 Å². The Kier molecular flexibility index (Phi) is 10.7. The molecule has 3 aromatic heterocycles. The molecule has 1 aromatic carbocycles. The highest BCUT2D eigenvalue weighted by atomic mass is 35.5. The first-order valence-electron chi connectivity index (χ1n) is 16.6. The number of alkyl halides is 3. The van der Waals surface area contributed by atoms with E-state index in [1.165, 1.54) is 10.6 Å². The zero-order valence-corrected chi connectivity index (χ0v) is 28.8. The molecule has 1 saturated heterocycles. The Morgan fingerprint density at radius 2 is 1.96 bits per heavy atom. The summed E-state index contributed by atoms with van der Waals surface area (Å²) in [6.45, 7) is 5.60. The van der Waals surface area contributed by atoms with Crippen LogP contribution < -0.4 is 21.1 Å². The van der Waals surface area contributed by atoms with Gasteiger partial charge >= 0.3 is 6.18 Å². The molecule has 272 valence electrons. The van der Waals surface area contributed by atoms with Crippen molar-refractivity contribution < 1.29 is 32.0 Å². The summed E-state index contributed by atoms with van der Waals surface area (Å²) in [6.07, 6.45) is 1.29. The summed E-state index contributed by atoms with van der Waals surface area (Å²) in [6, 6.07) is 3.18. The largest absolute Gasteiger partial charge is 0.416 e. The van der Waals surface area contributed by atoms with Crippen LogP contribution in [0.1, 0.15) is 53.1 Å². The second-order valence-corrected chi connectivity index (χ2v) is 12.4. The molecule has 3 aliphatic heterocycles. The van der Waals surface area contributed by atoms with E-state index in [4.69, 9.17) is 20.9 Å². The number of aromatic nitrogens is 5. The molecule has 0 saturated carbocycles. The van der Waals surface area contributed by atoms with Gasteiger partial charge in [0.25, 0.3) is 11.5 Å². The molecule has 14 nitrogen and oxygen atoms in total. The summed E-state index contributed by atoms with van der Waals surface area (Å²) >= 11 is 5.57. The lowest BCUT2D eigenvalue weighted by Gasteiger charge is -2.36. The number of benzene rings is 1. The van der Waals surface area contributed by atoms with E-state index in [1.807, 2.05) is 17.9 Å². The maximum Gasteiger partial charge on any atom is 0.416 e. The molecule has 51 heavy (non-hydrogen) atoms. The van der Waals surface area contributed by atoms with Gasteiger partial charge in [0.1, 0.15) is 17.7 Å². The number of hydrogen-bond acceptors (Lipinski definition) is 11. The summed E-state index contributed by atoms with van der Waals surface area (Å²) in [7, 11) is 1.59. The molecule has 3 aliphatic rings. The number of rotatable bonds is 7. The zero-order valence-electron chi connectivity index (χ0n) is 28.1. The van der Waals surface area contributed by atoms with Crippen LogP contribution in [-0.2, 0) is 35.1 Å². The number of amides is 1. The lowest BCUT2D eigenvalue weighted by atomic mass is 10.1. The van der Waals surface area contributed by atoms with Crippen molar-refractivity contribution in [3.05, 3.63) is 68.2 Å². The topological polar surface area (TPSA) is 152 Å². The molecule has 0 spiro atoms. The van der Waals surface area contributed by atoms with Crippen LogP contribution in [0.15, 0.2) is 33.6 Å². The van der Waals surface area contributed by atoms with Gasteiger partial charge in [-0.15, -0.1) is 5.10 Å². The van der Waals surface area contributed by atoms with Gasteiger partial charge < -0.3 is 39.1 Å². The number of aldehydes is 1. The maximum atomic E-state index is 13.8. The second kappa shape index (κ2) is 15.1. The maximum absolute atomic E-state index is 13.8. The Morgan fingerprint density at radius 3 is 2.61 bits per heavy atom. The molecule has 6 heterocycles. The minimum absolute atomic E-state index is 0.0585. The summed E-state index contributed by atoms with van der Waals surface area (Å²) in [5.41, 5.74) is 2.62. The van der Waals surface area contributed by atoms with Crippen LogP contribution in [0.5, 0.6) is 0 Å². The average Bonchev–Trinajstić information content (AvgIpc) is 3.79. The lowest BCUT2D eigenvalue weighted by molar-refractivity contribution is -0.137. The first-order valence-corrected chi connectivity index (χ1v) is 17.0. The van der Waals surface area contributed by atoms with Crippen LogP contribution in [0, 0.1) is 0 Å². The summed E-state index contributed by atoms with van der Waals surface area (Å²) < 4.78 is 50.2. The van der Waals surface area contributed by atoms with Crippen molar-refractivity contribution in [2.45, 2.75) is 45.3 Å². The fourth-order valence-corrected chi connectivity index (χ4v) is 6.63. The minimum Gasteiger partial charge on any atom is -0.387 e. The smallest absolute Gasteiger partial charge is 0.387 e. The van der Waals surface area contributed by atoms with E-state index in [0.29, 0.717) is 86.6 Å². The molecule has 4 aromatic rings. The Balaban J connectivity index is 0.000000292. The quantitative estimate of drug-likeness (QED) is 0.264. The van der Waals surface area contributed by atoms with Crippen molar-refractivity contribution in [1.82, 2.24) is 29.2 Å². The van der Waals surface area contributed by atoms with E-state index in [-0.39, 0.29) is 23.0 Å². The zero-order chi connectivity index (χ0) is 36.3. The first-order chi connectivity index (χ1) is 24.5. The number of halogens is 4. The fourth-order valence-electron chi connectivity index (χ4n) is 6.36. The Hall–Kier alpha value is -4.90. The van der Waals surface area contributed by atoms with Crippen molar-refractivity contribution >= 4 is 52.2 Å². The Labute approximate surface area is 295 Å². The van der Waals surface area contributed by atoms with Crippen LogP contribution in [-0.4, -0.2) is 94.4 Å². The van der Waals surface area contributed by atoms with Gasteiger partial charge in [-0.05, 0) is 43.0 Å². The molecule has 7 rings (SSSR count).